The molecule has 202 valence electrons. The first-order valence-electron chi connectivity index (χ1n) is 13.3. The summed E-state index contributed by atoms with van der Waals surface area (Å²) in [5.74, 6) is -0.0750. The van der Waals surface area contributed by atoms with Crippen LogP contribution in [0.25, 0.3) is 49.7 Å². The van der Waals surface area contributed by atoms with E-state index in [0.29, 0.717) is 33.1 Å². The minimum Gasteiger partial charge on any atom is -0.390 e. The predicted octanol–water partition coefficient (Wildman–Crippen LogP) is 7.07. The molecule has 39 heavy (non-hydrogen) atoms. The van der Waals surface area contributed by atoms with Gasteiger partial charge in [0.1, 0.15) is 6.10 Å². The number of rotatable bonds is 4. The topological polar surface area (TPSA) is 90.3 Å². The lowest BCUT2D eigenvalue weighted by molar-refractivity contribution is -0.0876. The molecule has 0 radical (unpaired) electrons. The number of carbonyl (C=O) groups is 1. The van der Waals surface area contributed by atoms with Crippen molar-refractivity contribution in [1.29, 1.82) is 0 Å². The Kier molecular flexibility index (Phi) is 6.42. The van der Waals surface area contributed by atoms with E-state index >= 15 is 0 Å². The molecule has 0 bridgehead atoms. The second-order valence-electron chi connectivity index (χ2n) is 10.7. The summed E-state index contributed by atoms with van der Waals surface area (Å²) in [5.41, 5.74) is 4.15. The molecule has 1 saturated carbocycles. The van der Waals surface area contributed by atoms with Crippen LogP contribution in [0.5, 0.6) is 0 Å². The number of carbonyl (C=O) groups excluding carboxylic acids is 1. The molecule has 5 unspecified atom stereocenters. The summed E-state index contributed by atoms with van der Waals surface area (Å²) in [6.07, 6.45) is 1.36. The number of hydrogen-bond donors (Lipinski definition) is 4. The Bertz CT molecular complexity index is 1800. The number of hydrogen-bond acceptors (Lipinski definition) is 3. The summed E-state index contributed by atoms with van der Waals surface area (Å²) in [7, 11) is 1.61. The number of para-hydroxylation sites is 2. The molecule has 1 aliphatic carbocycles. The zero-order valence-electron chi connectivity index (χ0n) is 22.1. The third-order valence-electron chi connectivity index (χ3n) is 8.87. The second kappa shape index (κ2) is 9.56. The van der Waals surface area contributed by atoms with Crippen molar-refractivity contribution in [1.82, 2.24) is 14.9 Å². The highest BCUT2D eigenvalue weighted by molar-refractivity contribution is 6.40. The zero-order chi connectivity index (χ0) is 27.7. The summed E-state index contributed by atoms with van der Waals surface area (Å²) in [6, 6.07) is 10.9. The average molecular weight is 565 g/mol. The van der Waals surface area contributed by atoms with E-state index in [0.717, 1.165) is 44.5 Å². The average Bonchev–Trinajstić information content (AvgIpc) is 3.49. The van der Waals surface area contributed by atoms with E-state index in [-0.39, 0.29) is 17.7 Å². The molecule has 1 aliphatic rings. The van der Waals surface area contributed by atoms with Crippen LogP contribution in [0.2, 0.25) is 10.0 Å². The van der Waals surface area contributed by atoms with Gasteiger partial charge in [-0.3, -0.25) is 4.79 Å². The number of aliphatic hydroxyl groups is 2. The number of aromatic amines is 1. The van der Waals surface area contributed by atoms with Crippen LogP contribution in [0.15, 0.2) is 43.0 Å². The lowest BCUT2D eigenvalue weighted by Gasteiger charge is -2.42. The van der Waals surface area contributed by atoms with Crippen LogP contribution in [0.1, 0.15) is 48.7 Å². The molecule has 0 aliphatic heterocycles. The van der Waals surface area contributed by atoms with Crippen LogP contribution in [-0.4, -0.2) is 44.9 Å². The molecule has 5 atom stereocenters. The van der Waals surface area contributed by atoms with Gasteiger partial charge in [-0.25, -0.2) is 0 Å². The normalized spacial score (nSPS) is 23.7. The third kappa shape index (κ3) is 3.59. The van der Waals surface area contributed by atoms with Crippen molar-refractivity contribution < 1.29 is 15.0 Å². The number of amides is 1. The van der Waals surface area contributed by atoms with Crippen molar-refractivity contribution in [3.8, 4) is 0 Å². The monoisotopic (exact) mass is 563 g/mol. The molecule has 0 spiro atoms. The predicted molar refractivity (Wildman–Crippen MR) is 161 cm³/mol. The van der Waals surface area contributed by atoms with Crippen LogP contribution in [0.4, 0.5) is 0 Å². The molecule has 2 aromatic heterocycles. The van der Waals surface area contributed by atoms with E-state index in [2.05, 4.69) is 28.4 Å². The Morgan fingerprint density at radius 2 is 1.77 bits per heavy atom. The molecule has 4 N–H and O–H groups in total. The molecular weight excluding hydrogens is 533 g/mol. The fourth-order valence-corrected chi connectivity index (χ4v) is 7.38. The number of fused-ring (bicyclic) bond motifs is 7. The molecule has 6 nitrogen and oxygen atoms in total. The fraction of sp³-hybridized carbons (Fsp3) is 0.323. The van der Waals surface area contributed by atoms with E-state index in [1.807, 2.05) is 43.3 Å². The number of aromatic nitrogens is 2. The lowest BCUT2D eigenvalue weighted by Crippen LogP contribution is -2.47. The van der Waals surface area contributed by atoms with Crippen molar-refractivity contribution in [3.05, 3.63) is 64.1 Å². The first kappa shape index (κ1) is 26.2. The maximum absolute atomic E-state index is 13.5. The summed E-state index contributed by atoms with van der Waals surface area (Å²) in [5, 5.41) is 29.7. The van der Waals surface area contributed by atoms with Gasteiger partial charge < -0.3 is 25.1 Å². The standard InChI is InChI=1S/C31H31Cl2N3O3/c1-5-15-13-21(30(38)29(37)14(15)3)36-27-18(10-8-12-20(27)33)22-16(6-2)24(31(39)34-4)23-17-9-7-11-19(32)25(17)35-26(23)28(22)36/h6-12,14-15,21,29-30,35,37-38H,2,5,13H2,1,3-4H3,(H,34,39). The number of H-pyrrole nitrogens is 1. The number of nitrogens with one attached hydrogen (secondary N) is 2. The van der Waals surface area contributed by atoms with Crippen LogP contribution in [0.3, 0.4) is 0 Å². The van der Waals surface area contributed by atoms with Crippen LogP contribution in [0, 0.1) is 11.8 Å². The number of nitrogens with zero attached hydrogens (tertiary/aromatic N) is 1. The Hall–Kier alpha value is -3.03. The van der Waals surface area contributed by atoms with Crippen LogP contribution in [-0.2, 0) is 0 Å². The maximum atomic E-state index is 13.5. The Balaban J connectivity index is 1.89. The quantitative estimate of drug-likeness (QED) is 0.188. The minimum atomic E-state index is -1.01. The molecule has 6 rings (SSSR count). The second-order valence-corrected chi connectivity index (χ2v) is 11.5. The Labute approximate surface area is 236 Å². The summed E-state index contributed by atoms with van der Waals surface area (Å²) >= 11 is 13.6. The first-order valence-corrected chi connectivity index (χ1v) is 14.1. The molecule has 2 heterocycles. The van der Waals surface area contributed by atoms with Gasteiger partial charge >= 0.3 is 0 Å². The highest BCUT2D eigenvalue weighted by Crippen LogP contribution is 2.49. The Morgan fingerprint density at radius 1 is 1.08 bits per heavy atom. The third-order valence-corrected chi connectivity index (χ3v) is 9.49. The van der Waals surface area contributed by atoms with Crippen molar-refractivity contribution in [2.45, 2.75) is 44.9 Å². The zero-order valence-corrected chi connectivity index (χ0v) is 23.6. The van der Waals surface area contributed by atoms with E-state index in [9.17, 15) is 15.0 Å². The van der Waals surface area contributed by atoms with Crippen LogP contribution >= 0.6 is 23.2 Å². The molecule has 0 saturated heterocycles. The van der Waals surface area contributed by atoms with E-state index < -0.39 is 18.2 Å². The largest absolute Gasteiger partial charge is 0.390 e. The molecule has 8 heteroatoms. The highest BCUT2D eigenvalue weighted by atomic mass is 35.5. The summed E-state index contributed by atoms with van der Waals surface area (Å²) in [6.45, 7) is 8.23. The van der Waals surface area contributed by atoms with Crippen molar-refractivity contribution in [2.24, 2.45) is 11.8 Å². The first-order chi connectivity index (χ1) is 18.7. The fourth-order valence-electron chi connectivity index (χ4n) is 6.89. The maximum Gasteiger partial charge on any atom is 0.252 e. The number of benzene rings is 3. The van der Waals surface area contributed by atoms with Gasteiger partial charge in [0.05, 0.1) is 49.8 Å². The molecule has 1 fully saturated rings. The molecular formula is C31H31Cl2N3O3. The van der Waals surface area contributed by atoms with Gasteiger partial charge in [0.2, 0.25) is 0 Å². The molecule has 1 amide bonds. The van der Waals surface area contributed by atoms with E-state index in [1.165, 1.54) is 0 Å². The van der Waals surface area contributed by atoms with Crippen molar-refractivity contribution in [2.75, 3.05) is 7.05 Å². The van der Waals surface area contributed by atoms with Gasteiger partial charge in [-0.15, -0.1) is 0 Å². The van der Waals surface area contributed by atoms with E-state index in [4.69, 9.17) is 23.2 Å². The van der Waals surface area contributed by atoms with Gasteiger partial charge in [-0.2, -0.15) is 0 Å². The van der Waals surface area contributed by atoms with Gasteiger partial charge in [-0.1, -0.05) is 80.4 Å². The number of halogens is 2. The van der Waals surface area contributed by atoms with Gasteiger partial charge in [0.25, 0.3) is 5.91 Å². The SMILES string of the molecule is C=Cc1c(C(=O)NC)c2c3cccc(Cl)c3[nH]c2c2c1c1cccc(Cl)c1n2C1CC(CC)C(C)C(O)C1O. The smallest absolute Gasteiger partial charge is 0.252 e. The number of aliphatic hydroxyl groups excluding tert-OH is 2. The summed E-state index contributed by atoms with van der Waals surface area (Å²) in [4.78, 5) is 17.0. The Morgan fingerprint density at radius 3 is 2.44 bits per heavy atom. The molecule has 5 aromatic rings. The van der Waals surface area contributed by atoms with Crippen LogP contribution < -0.4 is 5.32 Å². The van der Waals surface area contributed by atoms with Gasteiger partial charge in [0, 0.05) is 28.6 Å². The summed E-state index contributed by atoms with van der Waals surface area (Å²) < 4.78 is 2.08. The highest BCUT2D eigenvalue weighted by Gasteiger charge is 2.43. The lowest BCUT2D eigenvalue weighted by atomic mass is 9.73. The van der Waals surface area contributed by atoms with Gasteiger partial charge in [0.15, 0.2) is 0 Å². The van der Waals surface area contributed by atoms with Crippen molar-refractivity contribution >= 4 is 78.8 Å². The van der Waals surface area contributed by atoms with E-state index in [1.54, 1.807) is 13.1 Å². The van der Waals surface area contributed by atoms with Crippen molar-refractivity contribution in [3.63, 3.8) is 0 Å². The minimum absolute atomic E-state index is 0.0414. The van der Waals surface area contributed by atoms with Gasteiger partial charge in [-0.05, 0) is 36.0 Å². The molecule has 3 aromatic carbocycles.